The quantitative estimate of drug-likeness (QED) is 0.837. The highest BCUT2D eigenvalue weighted by Crippen LogP contribution is 2.27. The summed E-state index contributed by atoms with van der Waals surface area (Å²) in [5.41, 5.74) is 0.689. The first kappa shape index (κ1) is 16.5. The van der Waals surface area contributed by atoms with Gasteiger partial charge in [-0.15, -0.1) is 0 Å². The van der Waals surface area contributed by atoms with Crippen LogP contribution in [0.4, 0.5) is 0 Å². The monoisotopic (exact) mass is 318 g/mol. The molecular formula is C18H30N4O. The molecule has 0 bridgehead atoms. The molecule has 1 saturated carbocycles. The Bertz CT molecular complexity index is 513. The normalized spacial score (nSPS) is 21.0. The molecule has 0 N–H and O–H groups in total. The third-order valence-electron chi connectivity index (χ3n) is 5.53. The number of rotatable bonds is 5. The van der Waals surface area contributed by atoms with Crippen LogP contribution < -0.4 is 0 Å². The zero-order valence-corrected chi connectivity index (χ0v) is 14.6. The average Bonchev–Trinajstić information content (AvgIpc) is 3.20. The highest BCUT2D eigenvalue weighted by molar-refractivity contribution is 5.93. The van der Waals surface area contributed by atoms with Crippen LogP contribution in [0.2, 0.25) is 0 Å². The lowest BCUT2D eigenvalue weighted by atomic mass is 9.95. The van der Waals surface area contributed by atoms with Crippen LogP contribution in [0, 0.1) is 11.8 Å². The highest BCUT2D eigenvalue weighted by atomic mass is 16.2. The van der Waals surface area contributed by atoms with Crippen LogP contribution in [-0.4, -0.2) is 58.7 Å². The van der Waals surface area contributed by atoms with Crippen molar-refractivity contribution in [2.45, 2.75) is 38.5 Å². The van der Waals surface area contributed by atoms with E-state index >= 15 is 0 Å². The van der Waals surface area contributed by atoms with Gasteiger partial charge in [-0.25, -0.2) is 0 Å². The smallest absolute Gasteiger partial charge is 0.256 e. The molecule has 0 radical (unpaired) electrons. The van der Waals surface area contributed by atoms with Gasteiger partial charge in [0.05, 0.1) is 11.8 Å². The number of amides is 1. The van der Waals surface area contributed by atoms with Gasteiger partial charge in [0.1, 0.15) is 0 Å². The summed E-state index contributed by atoms with van der Waals surface area (Å²) in [6.45, 7) is 4.58. The van der Waals surface area contributed by atoms with Gasteiger partial charge in [-0.1, -0.05) is 12.8 Å². The molecule has 5 heteroatoms. The van der Waals surface area contributed by atoms with Gasteiger partial charge >= 0.3 is 0 Å². The van der Waals surface area contributed by atoms with Gasteiger partial charge in [0.15, 0.2) is 0 Å². The van der Waals surface area contributed by atoms with Crippen LogP contribution in [0.3, 0.4) is 0 Å². The van der Waals surface area contributed by atoms with Crippen molar-refractivity contribution in [3.8, 4) is 0 Å². The number of nitrogens with zero attached hydrogens (tertiary/aromatic N) is 4. The Kier molecular flexibility index (Phi) is 5.36. The fraction of sp³-hybridized carbons (Fsp3) is 0.778. The predicted octanol–water partition coefficient (Wildman–Crippen LogP) is 2.39. The molecule has 1 saturated heterocycles. The van der Waals surface area contributed by atoms with Crippen molar-refractivity contribution < 1.29 is 4.79 Å². The van der Waals surface area contributed by atoms with Crippen molar-refractivity contribution in [3.05, 3.63) is 18.0 Å². The molecule has 23 heavy (non-hydrogen) atoms. The first-order valence-corrected chi connectivity index (χ1v) is 9.08. The fourth-order valence-electron chi connectivity index (χ4n) is 4.13. The van der Waals surface area contributed by atoms with E-state index < -0.39 is 0 Å². The molecule has 1 amide bonds. The molecular weight excluding hydrogens is 288 g/mol. The molecule has 2 heterocycles. The Balaban J connectivity index is 1.42. The topological polar surface area (TPSA) is 41.4 Å². The molecule has 0 aromatic carbocycles. The van der Waals surface area contributed by atoms with Gasteiger partial charge in [-0.2, -0.15) is 5.10 Å². The standard InChI is InChI=1S/C18H30N4O/c1-20(18(23)17-11-19-21(2)14-17)12-16-7-9-22(10-8-16)13-15-5-3-4-6-15/h11,14-16H,3-10,12-13H2,1-2H3. The second kappa shape index (κ2) is 7.47. The molecule has 0 atom stereocenters. The Morgan fingerprint density at radius 1 is 1.22 bits per heavy atom. The number of hydrogen-bond donors (Lipinski definition) is 0. The maximum atomic E-state index is 12.4. The third-order valence-corrected chi connectivity index (χ3v) is 5.53. The minimum absolute atomic E-state index is 0.0893. The minimum atomic E-state index is 0.0893. The molecule has 1 aromatic rings. The van der Waals surface area contributed by atoms with E-state index in [9.17, 15) is 4.79 Å². The van der Waals surface area contributed by atoms with E-state index in [-0.39, 0.29) is 5.91 Å². The summed E-state index contributed by atoms with van der Waals surface area (Å²) >= 11 is 0. The lowest BCUT2D eigenvalue weighted by molar-refractivity contribution is 0.0734. The van der Waals surface area contributed by atoms with E-state index in [1.165, 1.54) is 58.2 Å². The van der Waals surface area contributed by atoms with Gasteiger partial charge in [0.25, 0.3) is 5.91 Å². The van der Waals surface area contributed by atoms with Crippen molar-refractivity contribution in [2.24, 2.45) is 18.9 Å². The summed E-state index contributed by atoms with van der Waals surface area (Å²) in [4.78, 5) is 16.9. The number of aromatic nitrogens is 2. The molecule has 2 fully saturated rings. The number of piperidine rings is 1. The van der Waals surface area contributed by atoms with Gasteiger partial charge in [-0.05, 0) is 50.6 Å². The van der Waals surface area contributed by atoms with Crippen molar-refractivity contribution in [1.29, 1.82) is 0 Å². The summed E-state index contributed by atoms with van der Waals surface area (Å²) in [5.74, 6) is 1.67. The van der Waals surface area contributed by atoms with E-state index in [1.54, 1.807) is 17.1 Å². The lowest BCUT2D eigenvalue weighted by Crippen LogP contribution is -2.40. The Morgan fingerprint density at radius 2 is 1.91 bits per heavy atom. The summed E-state index contributed by atoms with van der Waals surface area (Å²) in [7, 11) is 3.76. The van der Waals surface area contributed by atoms with Gasteiger partial charge in [0, 0.05) is 33.4 Å². The first-order chi connectivity index (χ1) is 11.1. The van der Waals surface area contributed by atoms with Crippen molar-refractivity contribution in [2.75, 3.05) is 33.2 Å². The van der Waals surface area contributed by atoms with Gasteiger partial charge in [-0.3, -0.25) is 9.48 Å². The SMILES string of the molecule is CN(CC1CCN(CC2CCCC2)CC1)C(=O)c1cnn(C)c1. The van der Waals surface area contributed by atoms with Gasteiger partial charge < -0.3 is 9.80 Å². The second-order valence-corrected chi connectivity index (χ2v) is 7.48. The number of carbonyl (C=O) groups excluding carboxylic acids is 1. The van der Waals surface area contributed by atoms with Crippen LogP contribution in [0.15, 0.2) is 12.4 Å². The van der Waals surface area contributed by atoms with Crippen molar-refractivity contribution in [1.82, 2.24) is 19.6 Å². The number of likely N-dealkylation sites (tertiary alicyclic amines) is 1. The summed E-state index contributed by atoms with van der Waals surface area (Å²) in [6.07, 6.45) is 11.6. The average molecular weight is 318 g/mol. The summed E-state index contributed by atoms with van der Waals surface area (Å²) in [6, 6.07) is 0. The third kappa shape index (κ3) is 4.34. The Labute approximate surface area is 139 Å². The van der Waals surface area contributed by atoms with E-state index in [4.69, 9.17) is 0 Å². The highest BCUT2D eigenvalue weighted by Gasteiger charge is 2.25. The van der Waals surface area contributed by atoms with Crippen LogP contribution in [0.1, 0.15) is 48.9 Å². The molecule has 1 aliphatic heterocycles. The van der Waals surface area contributed by atoms with E-state index in [1.807, 2.05) is 19.0 Å². The maximum Gasteiger partial charge on any atom is 0.256 e. The largest absolute Gasteiger partial charge is 0.341 e. The fourth-order valence-corrected chi connectivity index (χ4v) is 4.13. The minimum Gasteiger partial charge on any atom is -0.341 e. The van der Waals surface area contributed by atoms with Crippen LogP contribution >= 0.6 is 0 Å². The molecule has 3 rings (SSSR count). The molecule has 2 aliphatic rings. The van der Waals surface area contributed by atoms with Gasteiger partial charge in [0.2, 0.25) is 0 Å². The summed E-state index contributed by atoms with van der Waals surface area (Å²) in [5, 5.41) is 4.09. The van der Waals surface area contributed by atoms with Crippen LogP contribution in [0.25, 0.3) is 0 Å². The lowest BCUT2D eigenvalue weighted by Gasteiger charge is -2.35. The molecule has 1 aromatic heterocycles. The predicted molar refractivity (Wildman–Crippen MR) is 91.3 cm³/mol. The second-order valence-electron chi connectivity index (χ2n) is 7.48. The maximum absolute atomic E-state index is 12.4. The van der Waals surface area contributed by atoms with Crippen LogP contribution in [0.5, 0.6) is 0 Å². The molecule has 0 unspecified atom stereocenters. The van der Waals surface area contributed by atoms with E-state index in [0.29, 0.717) is 11.5 Å². The Hall–Kier alpha value is -1.36. The number of carbonyl (C=O) groups is 1. The molecule has 5 nitrogen and oxygen atoms in total. The van der Waals surface area contributed by atoms with Crippen molar-refractivity contribution in [3.63, 3.8) is 0 Å². The molecule has 1 aliphatic carbocycles. The van der Waals surface area contributed by atoms with Crippen molar-refractivity contribution >= 4 is 5.91 Å². The van der Waals surface area contributed by atoms with E-state index in [0.717, 1.165) is 12.5 Å². The molecule has 128 valence electrons. The number of aryl methyl sites for hydroxylation is 1. The first-order valence-electron chi connectivity index (χ1n) is 9.08. The van der Waals surface area contributed by atoms with Crippen LogP contribution in [-0.2, 0) is 7.05 Å². The Morgan fingerprint density at radius 3 is 2.52 bits per heavy atom. The van der Waals surface area contributed by atoms with E-state index in [2.05, 4.69) is 10.00 Å². The number of hydrogen-bond acceptors (Lipinski definition) is 3. The summed E-state index contributed by atoms with van der Waals surface area (Å²) < 4.78 is 1.68. The molecule has 0 spiro atoms. The zero-order chi connectivity index (χ0) is 16.2. The zero-order valence-electron chi connectivity index (χ0n) is 14.6.